The summed E-state index contributed by atoms with van der Waals surface area (Å²) in [6.07, 6.45) is 0.987. The second-order valence-corrected chi connectivity index (χ2v) is 8.02. The molecule has 0 N–H and O–H groups in total. The Bertz CT molecular complexity index is 892. The lowest BCUT2D eigenvalue weighted by Gasteiger charge is -2.37. The summed E-state index contributed by atoms with van der Waals surface area (Å²) in [7, 11) is 0. The van der Waals surface area contributed by atoms with Gasteiger partial charge in [-0.3, -0.25) is 9.69 Å². The Balaban J connectivity index is 1.39. The van der Waals surface area contributed by atoms with Crippen molar-refractivity contribution in [3.8, 4) is 0 Å². The molecule has 28 heavy (non-hydrogen) atoms. The van der Waals surface area contributed by atoms with E-state index in [9.17, 15) is 9.59 Å². The van der Waals surface area contributed by atoms with Crippen molar-refractivity contribution in [2.45, 2.75) is 45.8 Å². The van der Waals surface area contributed by atoms with E-state index < -0.39 is 5.60 Å². The van der Waals surface area contributed by atoms with Crippen LogP contribution in [-0.2, 0) is 11.3 Å². The van der Waals surface area contributed by atoms with Crippen LogP contribution in [-0.4, -0.2) is 52.2 Å². The molecule has 0 unspecified atom stereocenters. The first-order chi connectivity index (χ1) is 13.3. The number of likely N-dealkylation sites (tertiary alicyclic amines) is 1. The molecule has 148 valence electrons. The quantitative estimate of drug-likeness (QED) is 0.813. The van der Waals surface area contributed by atoms with Crippen LogP contribution in [0.4, 0.5) is 4.79 Å². The van der Waals surface area contributed by atoms with Crippen LogP contribution in [0.3, 0.4) is 0 Å². The van der Waals surface area contributed by atoms with Crippen LogP contribution in [0, 0.1) is 20.8 Å². The lowest BCUT2D eigenvalue weighted by molar-refractivity contribution is 0.00286. The summed E-state index contributed by atoms with van der Waals surface area (Å²) in [5.74, 6) is 0.478. The largest absolute Gasteiger partial charge is 0.441 e. The fraction of sp³-hybridized carbons (Fsp3) is 0.476. The third kappa shape index (κ3) is 3.61. The van der Waals surface area contributed by atoms with Gasteiger partial charge in [0, 0.05) is 38.5 Å². The van der Waals surface area contributed by atoms with Gasteiger partial charge in [0.2, 0.25) is 0 Å². The highest BCUT2D eigenvalue weighted by Crippen LogP contribution is 2.34. The Kier molecular flexibility index (Phi) is 4.61. The van der Waals surface area contributed by atoms with Gasteiger partial charge in [0.25, 0.3) is 5.91 Å². The molecule has 0 atom stereocenters. The average molecular weight is 383 g/mol. The van der Waals surface area contributed by atoms with E-state index >= 15 is 0 Å². The summed E-state index contributed by atoms with van der Waals surface area (Å²) in [5.41, 5.74) is 3.31. The molecular weight excluding hydrogens is 358 g/mol. The van der Waals surface area contributed by atoms with E-state index in [0.717, 1.165) is 5.56 Å². The lowest BCUT2D eigenvalue weighted by atomic mass is 9.91. The fourth-order valence-electron chi connectivity index (χ4n) is 4.20. The SMILES string of the molecule is Cc1cc(C)cc(CN2CC3(CCN(C(=O)c4cc(C)on4)CC3)OC2=O)c1. The molecule has 2 amide bonds. The molecule has 4 rings (SSSR count). The predicted octanol–water partition coefficient (Wildman–Crippen LogP) is 3.23. The van der Waals surface area contributed by atoms with Crippen molar-refractivity contribution in [3.05, 3.63) is 52.4 Å². The number of hydrogen-bond donors (Lipinski definition) is 0. The highest BCUT2D eigenvalue weighted by molar-refractivity contribution is 5.92. The molecule has 2 saturated heterocycles. The first-order valence-electron chi connectivity index (χ1n) is 9.61. The van der Waals surface area contributed by atoms with Gasteiger partial charge in [0.15, 0.2) is 5.69 Å². The van der Waals surface area contributed by atoms with Gasteiger partial charge in [-0.05, 0) is 26.3 Å². The summed E-state index contributed by atoms with van der Waals surface area (Å²) in [5, 5.41) is 3.81. The average Bonchev–Trinajstić information content (AvgIpc) is 3.18. The minimum absolute atomic E-state index is 0.136. The summed E-state index contributed by atoms with van der Waals surface area (Å²) >= 11 is 0. The lowest BCUT2D eigenvalue weighted by Crippen LogP contribution is -2.48. The Morgan fingerprint density at radius 3 is 2.39 bits per heavy atom. The van der Waals surface area contributed by atoms with E-state index in [1.54, 1.807) is 22.8 Å². The minimum atomic E-state index is -0.507. The van der Waals surface area contributed by atoms with Gasteiger partial charge >= 0.3 is 6.09 Å². The second kappa shape index (κ2) is 6.96. The molecule has 0 radical (unpaired) electrons. The highest BCUT2D eigenvalue weighted by Gasteiger charge is 2.47. The van der Waals surface area contributed by atoms with Crippen molar-refractivity contribution in [3.63, 3.8) is 0 Å². The monoisotopic (exact) mass is 383 g/mol. The van der Waals surface area contributed by atoms with Crippen LogP contribution in [0.25, 0.3) is 0 Å². The van der Waals surface area contributed by atoms with E-state index in [2.05, 4.69) is 37.2 Å². The van der Waals surface area contributed by atoms with E-state index in [-0.39, 0.29) is 12.0 Å². The van der Waals surface area contributed by atoms with Crippen LogP contribution in [0.2, 0.25) is 0 Å². The van der Waals surface area contributed by atoms with Gasteiger partial charge in [-0.1, -0.05) is 34.5 Å². The predicted molar refractivity (Wildman–Crippen MR) is 102 cm³/mol. The van der Waals surface area contributed by atoms with Gasteiger partial charge < -0.3 is 14.2 Å². The van der Waals surface area contributed by atoms with Crippen molar-refractivity contribution in [1.82, 2.24) is 15.0 Å². The van der Waals surface area contributed by atoms with Gasteiger partial charge in [-0.25, -0.2) is 4.79 Å². The van der Waals surface area contributed by atoms with E-state index in [4.69, 9.17) is 9.26 Å². The molecule has 1 aromatic carbocycles. The number of benzene rings is 1. The molecule has 3 heterocycles. The molecule has 2 aliphatic heterocycles. The zero-order valence-corrected chi connectivity index (χ0v) is 16.5. The summed E-state index contributed by atoms with van der Waals surface area (Å²) in [6, 6.07) is 7.98. The second-order valence-electron chi connectivity index (χ2n) is 8.02. The van der Waals surface area contributed by atoms with Crippen molar-refractivity contribution in [1.29, 1.82) is 0 Å². The Labute approximate surface area is 164 Å². The van der Waals surface area contributed by atoms with E-state index in [1.165, 1.54) is 11.1 Å². The Hall–Kier alpha value is -2.83. The maximum atomic E-state index is 12.5. The number of carbonyl (C=O) groups is 2. The third-order valence-corrected chi connectivity index (χ3v) is 5.50. The standard InChI is InChI=1S/C21H25N3O4/c1-14-8-15(2)10-17(9-14)12-24-13-21(27-20(24)26)4-6-23(7-5-21)19(25)18-11-16(3)28-22-18/h8-11H,4-7,12-13H2,1-3H3. The normalized spacial score (nSPS) is 18.6. The number of aryl methyl sites for hydroxylation is 3. The first kappa shape index (κ1) is 18.5. The number of ether oxygens (including phenoxy) is 1. The number of hydrogen-bond acceptors (Lipinski definition) is 5. The number of carbonyl (C=O) groups excluding carboxylic acids is 2. The Morgan fingerprint density at radius 1 is 1.11 bits per heavy atom. The molecule has 0 aliphatic carbocycles. The number of aromatic nitrogens is 1. The third-order valence-electron chi connectivity index (χ3n) is 5.50. The van der Waals surface area contributed by atoms with Crippen LogP contribution in [0.1, 0.15) is 45.8 Å². The number of rotatable bonds is 3. The molecule has 0 bridgehead atoms. The van der Waals surface area contributed by atoms with Crippen molar-refractivity contribution in [2.24, 2.45) is 0 Å². The van der Waals surface area contributed by atoms with E-state index in [1.807, 2.05) is 0 Å². The molecule has 2 fully saturated rings. The smallest absolute Gasteiger partial charge is 0.410 e. The van der Waals surface area contributed by atoms with Gasteiger partial charge in [-0.15, -0.1) is 0 Å². The number of piperidine rings is 1. The summed E-state index contributed by atoms with van der Waals surface area (Å²) < 4.78 is 10.8. The molecule has 1 spiro atoms. The van der Waals surface area contributed by atoms with Gasteiger partial charge in [0.1, 0.15) is 11.4 Å². The van der Waals surface area contributed by atoms with Gasteiger partial charge in [-0.2, -0.15) is 0 Å². The number of amides is 2. The first-order valence-corrected chi connectivity index (χ1v) is 9.61. The zero-order valence-electron chi connectivity index (χ0n) is 16.5. The molecule has 0 saturated carbocycles. The molecule has 7 nitrogen and oxygen atoms in total. The van der Waals surface area contributed by atoms with Crippen molar-refractivity contribution in [2.75, 3.05) is 19.6 Å². The highest BCUT2D eigenvalue weighted by atomic mass is 16.6. The maximum absolute atomic E-state index is 12.5. The molecule has 2 aromatic rings. The molecule has 1 aromatic heterocycles. The van der Waals surface area contributed by atoms with Crippen LogP contribution >= 0.6 is 0 Å². The topological polar surface area (TPSA) is 75.9 Å². The molecule has 2 aliphatic rings. The Morgan fingerprint density at radius 2 is 1.79 bits per heavy atom. The van der Waals surface area contributed by atoms with Crippen LogP contribution < -0.4 is 0 Å². The van der Waals surface area contributed by atoms with Gasteiger partial charge in [0.05, 0.1) is 6.54 Å². The maximum Gasteiger partial charge on any atom is 0.410 e. The zero-order chi connectivity index (χ0) is 19.9. The van der Waals surface area contributed by atoms with Crippen molar-refractivity contribution < 1.29 is 18.8 Å². The van der Waals surface area contributed by atoms with E-state index in [0.29, 0.717) is 50.5 Å². The summed E-state index contributed by atoms with van der Waals surface area (Å²) in [4.78, 5) is 28.5. The van der Waals surface area contributed by atoms with Crippen LogP contribution in [0.15, 0.2) is 28.8 Å². The minimum Gasteiger partial charge on any atom is -0.441 e. The number of nitrogens with zero attached hydrogens (tertiary/aromatic N) is 3. The van der Waals surface area contributed by atoms with Crippen LogP contribution in [0.5, 0.6) is 0 Å². The summed E-state index contributed by atoms with van der Waals surface area (Å²) in [6.45, 7) is 8.06. The fourth-order valence-corrected chi connectivity index (χ4v) is 4.20. The molecule has 7 heteroatoms. The molecular formula is C21H25N3O4. The van der Waals surface area contributed by atoms with Crippen molar-refractivity contribution >= 4 is 12.0 Å².